The lowest BCUT2D eigenvalue weighted by Gasteiger charge is -2.04. The van der Waals surface area contributed by atoms with Crippen LogP contribution < -0.4 is 9.47 Å². The minimum Gasteiger partial charge on any atom is -0.493 e. The topological polar surface area (TPSA) is 35.5 Å². The summed E-state index contributed by atoms with van der Waals surface area (Å²) in [5, 5.41) is 0. The fourth-order valence-electron chi connectivity index (χ4n) is 0.896. The van der Waals surface area contributed by atoms with Crippen LogP contribution in [0.25, 0.3) is 0 Å². The highest BCUT2D eigenvalue weighted by molar-refractivity contribution is 5.47. The van der Waals surface area contributed by atoms with E-state index in [0.717, 1.165) is 6.42 Å². The van der Waals surface area contributed by atoms with Crippen LogP contribution in [0, 0.1) is 0 Å². The maximum absolute atomic E-state index is 9.91. The van der Waals surface area contributed by atoms with E-state index in [1.54, 1.807) is 18.2 Å². The van der Waals surface area contributed by atoms with Gasteiger partial charge in [0.1, 0.15) is 11.5 Å². The van der Waals surface area contributed by atoms with Crippen molar-refractivity contribution >= 4 is 6.47 Å². The molecule has 69 valence electrons. The Hall–Kier alpha value is -1.51. The normalized spacial score (nSPS) is 9.31. The summed E-state index contributed by atoms with van der Waals surface area (Å²) in [5.74, 6) is 1.15. The van der Waals surface area contributed by atoms with Gasteiger partial charge in [-0.1, -0.05) is 13.0 Å². The van der Waals surface area contributed by atoms with Crippen molar-refractivity contribution in [2.75, 3.05) is 6.61 Å². The van der Waals surface area contributed by atoms with Gasteiger partial charge in [0.15, 0.2) is 0 Å². The molecular formula is C10H11O3. The summed E-state index contributed by atoms with van der Waals surface area (Å²) < 4.78 is 9.87. The van der Waals surface area contributed by atoms with Crippen molar-refractivity contribution in [1.29, 1.82) is 0 Å². The van der Waals surface area contributed by atoms with Crippen molar-refractivity contribution in [2.24, 2.45) is 0 Å². The van der Waals surface area contributed by atoms with E-state index in [0.29, 0.717) is 18.1 Å². The molecule has 0 aliphatic carbocycles. The van der Waals surface area contributed by atoms with Gasteiger partial charge in [-0.2, -0.15) is 0 Å². The molecule has 0 amide bonds. The lowest BCUT2D eigenvalue weighted by Crippen LogP contribution is -1.95. The zero-order valence-corrected chi connectivity index (χ0v) is 7.45. The number of carbonyl (C=O) groups excluding carboxylic acids is 1. The fourth-order valence-corrected chi connectivity index (χ4v) is 0.896. The van der Waals surface area contributed by atoms with Crippen LogP contribution in [-0.4, -0.2) is 13.1 Å². The molecule has 0 fully saturated rings. The molecule has 3 heteroatoms. The lowest BCUT2D eigenvalue weighted by atomic mass is 10.3. The van der Waals surface area contributed by atoms with Crippen LogP contribution in [0.15, 0.2) is 24.3 Å². The summed E-state index contributed by atoms with van der Waals surface area (Å²) in [6.45, 7) is 4.05. The number of hydrogen-bond acceptors (Lipinski definition) is 3. The number of rotatable bonds is 5. The summed E-state index contributed by atoms with van der Waals surface area (Å²) >= 11 is 0. The second kappa shape index (κ2) is 5.19. The van der Waals surface area contributed by atoms with Gasteiger partial charge < -0.3 is 9.47 Å². The molecule has 0 aromatic heterocycles. The Balaban J connectivity index is 2.61. The van der Waals surface area contributed by atoms with E-state index in [1.807, 2.05) is 13.0 Å². The van der Waals surface area contributed by atoms with E-state index in [1.165, 1.54) is 6.47 Å². The first kappa shape index (κ1) is 9.58. The molecule has 0 heterocycles. The van der Waals surface area contributed by atoms with Crippen molar-refractivity contribution in [2.45, 2.75) is 13.3 Å². The predicted molar refractivity (Wildman–Crippen MR) is 48.5 cm³/mol. The van der Waals surface area contributed by atoms with Gasteiger partial charge in [-0.05, 0) is 18.6 Å². The monoisotopic (exact) mass is 179 g/mol. The molecule has 1 rings (SSSR count). The van der Waals surface area contributed by atoms with Gasteiger partial charge in [0, 0.05) is 6.07 Å². The zero-order valence-electron chi connectivity index (χ0n) is 7.45. The summed E-state index contributed by atoms with van der Waals surface area (Å²) in [7, 11) is 0. The molecular weight excluding hydrogens is 168 g/mol. The molecule has 0 unspecified atom stereocenters. The van der Waals surface area contributed by atoms with E-state index in [4.69, 9.17) is 4.74 Å². The van der Waals surface area contributed by atoms with Crippen LogP contribution in [0.1, 0.15) is 13.3 Å². The van der Waals surface area contributed by atoms with Gasteiger partial charge in [0.25, 0.3) is 0 Å². The molecule has 0 aliphatic rings. The minimum absolute atomic E-state index is 0.448. The van der Waals surface area contributed by atoms with Crippen LogP contribution in [0.2, 0.25) is 0 Å². The Labute approximate surface area is 77.3 Å². The van der Waals surface area contributed by atoms with E-state index < -0.39 is 0 Å². The summed E-state index contributed by atoms with van der Waals surface area (Å²) in [5.41, 5.74) is 0. The smallest absolute Gasteiger partial charge is 0.423 e. The largest absolute Gasteiger partial charge is 0.493 e. The Morgan fingerprint density at radius 3 is 2.85 bits per heavy atom. The summed E-state index contributed by atoms with van der Waals surface area (Å²) in [6.07, 6.45) is 0.949. The van der Waals surface area contributed by atoms with E-state index >= 15 is 0 Å². The van der Waals surface area contributed by atoms with Gasteiger partial charge in [-0.15, -0.1) is 0 Å². The third-order valence-corrected chi connectivity index (χ3v) is 1.44. The summed E-state index contributed by atoms with van der Waals surface area (Å²) in [4.78, 5) is 9.91. The van der Waals surface area contributed by atoms with Crippen LogP contribution in [-0.2, 0) is 4.79 Å². The molecule has 0 N–H and O–H groups in total. The standard InChI is InChI=1S/C10H11O3/c1-2-6-12-9-4-3-5-10(7-9)13-8-11/h3-5,7H,2,6H2,1H3. The molecule has 1 aromatic carbocycles. The first-order valence-electron chi connectivity index (χ1n) is 4.13. The van der Waals surface area contributed by atoms with E-state index in [-0.39, 0.29) is 0 Å². The highest BCUT2D eigenvalue weighted by atomic mass is 16.5. The van der Waals surface area contributed by atoms with Crippen molar-refractivity contribution in [3.8, 4) is 11.5 Å². The predicted octanol–water partition coefficient (Wildman–Crippen LogP) is 1.92. The maximum atomic E-state index is 9.91. The quantitative estimate of drug-likeness (QED) is 0.692. The first-order valence-corrected chi connectivity index (χ1v) is 4.13. The molecule has 1 radical (unpaired) electrons. The lowest BCUT2D eigenvalue weighted by molar-refractivity contribution is 0.316. The first-order chi connectivity index (χ1) is 6.36. The Kier molecular flexibility index (Phi) is 3.82. The molecule has 3 nitrogen and oxygen atoms in total. The van der Waals surface area contributed by atoms with Crippen molar-refractivity contribution in [3.63, 3.8) is 0 Å². The van der Waals surface area contributed by atoms with Gasteiger partial charge in [-0.25, -0.2) is 4.79 Å². The molecule has 0 saturated heterocycles. The van der Waals surface area contributed by atoms with Crippen molar-refractivity contribution < 1.29 is 14.3 Å². The highest BCUT2D eigenvalue weighted by Gasteiger charge is 1.96. The zero-order chi connectivity index (χ0) is 9.52. The van der Waals surface area contributed by atoms with Gasteiger partial charge in [0.2, 0.25) is 0 Å². The van der Waals surface area contributed by atoms with Crippen LogP contribution >= 0.6 is 0 Å². The van der Waals surface area contributed by atoms with E-state index in [9.17, 15) is 4.79 Å². The molecule has 0 bridgehead atoms. The average molecular weight is 179 g/mol. The Morgan fingerprint density at radius 1 is 1.38 bits per heavy atom. The molecule has 13 heavy (non-hydrogen) atoms. The third-order valence-electron chi connectivity index (χ3n) is 1.44. The Bertz CT molecular complexity index is 271. The Morgan fingerprint density at radius 2 is 2.15 bits per heavy atom. The van der Waals surface area contributed by atoms with Gasteiger partial charge in [-0.3, -0.25) is 0 Å². The van der Waals surface area contributed by atoms with Crippen LogP contribution in [0.3, 0.4) is 0 Å². The highest BCUT2D eigenvalue weighted by Crippen LogP contribution is 2.18. The van der Waals surface area contributed by atoms with E-state index in [2.05, 4.69) is 4.74 Å². The van der Waals surface area contributed by atoms with Crippen molar-refractivity contribution in [3.05, 3.63) is 24.3 Å². The molecule has 0 spiro atoms. The second-order valence-electron chi connectivity index (χ2n) is 2.51. The fraction of sp³-hybridized carbons (Fsp3) is 0.300. The van der Waals surface area contributed by atoms with Crippen molar-refractivity contribution in [1.82, 2.24) is 0 Å². The average Bonchev–Trinajstić information content (AvgIpc) is 2.16. The SMILES string of the molecule is CCCOc1cccc(O[C]=O)c1. The maximum Gasteiger partial charge on any atom is 0.423 e. The number of hydrogen-bond donors (Lipinski definition) is 0. The summed E-state index contributed by atoms with van der Waals surface area (Å²) in [6, 6.07) is 6.90. The molecule has 0 atom stereocenters. The van der Waals surface area contributed by atoms with Crippen LogP contribution in [0.4, 0.5) is 0 Å². The van der Waals surface area contributed by atoms with Gasteiger partial charge in [0.05, 0.1) is 6.61 Å². The number of benzene rings is 1. The minimum atomic E-state index is 0.448. The second-order valence-corrected chi connectivity index (χ2v) is 2.51. The third kappa shape index (κ3) is 3.15. The molecule has 0 aliphatic heterocycles. The molecule has 0 saturated carbocycles. The van der Waals surface area contributed by atoms with Gasteiger partial charge >= 0.3 is 6.47 Å². The molecule has 1 aromatic rings. The van der Waals surface area contributed by atoms with Crippen LogP contribution in [0.5, 0.6) is 11.5 Å². The number of ether oxygens (including phenoxy) is 2.